The molecule has 0 aromatic rings. The van der Waals surface area contributed by atoms with Gasteiger partial charge in [-0.1, -0.05) is 12.2 Å². The highest BCUT2D eigenvalue weighted by Gasteiger charge is 2.23. The average molecular weight is 284 g/mol. The van der Waals surface area contributed by atoms with E-state index >= 15 is 0 Å². The third-order valence-corrected chi connectivity index (χ3v) is 3.24. The van der Waals surface area contributed by atoms with E-state index in [4.69, 9.17) is 9.84 Å². The average Bonchev–Trinajstić information content (AvgIpc) is 2.38. The number of aliphatic carboxylic acids is 1. The van der Waals surface area contributed by atoms with E-state index in [1.54, 1.807) is 4.90 Å². The highest BCUT2D eigenvalue weighted by atomic mass is 16.5. The number of nitrogens with zero attached hydrogens (tertiary/aromatic N) is 1. The van der Waals surface area contributed by atoms with Crippen molar-refractivity contribution in [1.82, 2.24) is 10.2 Å². The smallest absolute Gasteiger partial charge is 0.317 e. The molecule has 0 saturated carbocycles. The van der Waals surface area contributed by atoms with E-state index in [-0.39, 0.29) is 18.4 Å². The molecule has 1 heterocycles. The Bertz CT molecular complexity index is 349. The van der Waals surface area contributed by atoms with Crippen molar-refractivity contribution in [3.05, 3.63) is 12.2 Å². The molecule has 0 aliphatic carbocycles. The zero-order valence-corrected chi connectivity index (χ0v) is 12.1. The van der Waals surface area contributed by atoms with Crippen LogP contribution in [0.15, 0.2) is 12.2 Å². The maximum absolute atomic E-state index is 11.8. The fourth-order valence-corrected chi connectivity index (χ4v) is 2.18. The molecule has 6 nitrogen and oxygen atoms in total. The van der Waals surface area contributed by atoms with Gasteiger partial charge in [0.25, 0.3) is 0 Å². The second kappa shape index (κ2) is 8.58. The number of piperidine rings is 1. The number of hydrogen-bond acceptors (Lipinski definition) is 3. The first-order valence-corrected chi connectivity index (χ1v) is 6.95. The Morgan fingerprint density at radius 1 is 1.40 bits per heavy atom. The molecule has 1 fully saturated rings. The minimum Gasteiger partial charge on any atom is -0.481 e. The largest absolute Gasteiger partial charge is 0.481 e. The van der Waals surface area contributed by atoms with E-state index in [0.29, 0.717) is 32.8 Å². The summed E-state index contributed by atoms with van der Waals surface area (Å²) in [5.74, 6) is -0.571. The molecule has 114 valence electrons. The van der Waals surface area contributed by atoms with Crippen LogP contribution in [0.5, 0.6) is 0 Å². The van der Waals surface area contributed by atoms with Gasteiger partial charge in [-0.25, -0.2) is 4.79 Å². The van der Waals surface area contributed by atoms with E-state index in [1.165, 1.54) is 0 Å². The van der Waals surface area contributed by atoms with Gasteiger partial charge in [0.15, 0.2) is 0 Å². The number of amides is 2. The molecule has 0 atom stereocenters. The van der Waals surface area contributed by atoms with Crippen molar-refractivity contribution in [3.63, 3.8) is 0 Å². The zero-order chi connectivity index (χ0) is 15.0. The second-order valence-electron chi connectivity index (χ2n) is 5.27. The summed E-state index contributed by atoms with van der Waals surface area (Å²) < 4.78 is 5.30. The van der Waals surface area contributed by atoms with E-state index in [2.05, 4.69) is 11.9 Å². The van der Waals surface area contributed by atoms with Gasteiger partial charge in [-0.2, -0.15) is 0 Å². The highest BCUT2D eigenvalue weighted by molar-refractivity contribution is 5.74. The first-order valence-electron chi connectivity index (χ1n) is 6.95. The van der Waals surface area contributed by atoms with Crippen LogP contribution in [0.25, 0.3) is 0 Å². The van der Waals surface area contributed by atoms with E-state index in [9.17, 15) is 9.59 Å². The first-order chi connectivity index (χ1) is 9.49. The number of carboxylic acid groups (broad SMARTS) is 1. The molecule has 6 heteroatoms. The number of carbonyl (C=O) groups is 2. The molecule has 0 spiro atoms. The molecular formula is C14H24N2O4. The number of carboxylic acids is 1. The summed E-state index contributed by atoms with van der Waals surface area (Å²) in [4.78, 5) is 24.2. The topological polar surface area (TPSA) is 78.9 Å². The molecule has 0 aromatic heterocycles. The van der Waals surface area contributed by atoms with Crippen molar-refractivity contribution < 1.29 is 19.4 Å². The lowest BCUT2D eigenvalue weighted by atomic mass is 9.94. The van der Waals surface area contributed by atoms with Crippen LogP contribution >= 0.6 is 0 Å². The molecule has 0 radical (unpaired) electrons. The second-order valence-corrected chi connectivity index (χ2v) is 5.27. The molecule has 1 aliphatic heterocycles. The number of urea groups is 1. The molecule has 1 saturated heterocycles. The van der Waals surface area contributed by atoms with E-state index < -0.39 is 5.97 Å². The predicted octanol–water partition coefficient (Wildman–Crippen LogP) is 1.48. The van der Waals surface area contributed by atoms with Gasteiger partial charge in [0.05, 0.1) is 13.2 Å². The highest BCUT2D eigenvalue weighted by Crippen LogP contribution is 2.20. The Labute approximate surface area is 119 Å². The van der Waals surface area contributed by atoms with E-state index in [0.717, 1.165) is 18.4 Å². The predicted molar refractivity (Wildman–Crippen MR) is 75.6 cm³/mol. The number of nitrogens with one attached hydrogen (secondary N) is 1. The van der Waals surface area contributed by atoms with Crippen LogP contribution in [0.3, 0.4) is 0 Å². The summed E-state index contributed by atoms with van der Waals surface area (Å²) in [6.07, 6.45) is 1.71. The van der Waals surface area contributed by atoms with Gasteiger partial charge < -0.3 is 20.1 Å². The maximum atomic E-state index is 11.8. The van der Waals surface area contributed by atoms with Gasteiger partial charge in [-0.05, 0) is 25.7 Å². The van der Waals surface area contributed by atoms with Gasteiger partial charge in [0, 0.05) is 26.1 Å². The lowest BCUT2D eigenvalue weighted by Gasteiger charge is -2.31. The van der Waals surface area contributed by atoms with Crippen LogP contribution in [-0.2, 0) is 9.53 Å². The van der Waals surface area contributed by atoms with Crippen molar-refractivity contribution in [1.29, 1.82) is 0 Å². The van der Waals surface area contributed by atoms with Crippen LogP contribution in [-0.4, -0.2) is 54.9 Å². The molecule has 0 aromatic carbocycles. The van der Waals surface area contributed by atoms with Crippen LogP contribution in [0, 0.1) is 5.92 Å². The Morgan fingerprint density at radius 3 is 2.60 bits per heavy atom. The molecule has 2 N–H and O–H groups in total. The lowest BCUT2D eigenvalue weighted by molar-refractivity contribution is -0.138. The van der Waals surface area contributed by atoms with Crippen LogP contribution in [0.1, 0.15) is 26.2 Å². The molecule has 1 rings (SSSR count). The molecule has 2 amide bonds. The van der Waals surface area contributed by atoms with Crippen molar-refractivity contribution in [2.45, 2.75) is 26.2 Å². The fraction of sp³-hybridized carbons (Fsp3) is 0.714. The number of likely N-dealkylation sites (tertiary alicyclic amines) is 1. The quantitative estimate of drug-likeness (QED) is 0.548. The number of hydrogen-bond donors (Lipinski definition) is 2. The third kappa shape index (κ3) is 6.56. The van der Waals surface area contributed by atoms with Crippen molar-refractivity contribution in [2.24, 2.45) is 5.92 Å². The number of carbonyl (C=O) groups excluding carboxylic acids is 1. The summed E-state index contributed by atoms with van der Waals surface area (Å²) in [7, 11) is 0. The van der Waals surface area contributed by atoms with Gasteiger partial charge in [-0.3, -0.25) is 4.79 Å². The Hall–Kier alpha value is -1.56. The normalized spacial score (nSPS) is 15.9. The van der Waals surface area contributed by atoms with Gasteiger partial charge in [0.2, 0.25) is 0 Å². The summed E-state index contributed by atoms with van der Waals surface area (Å²) >= 11 is 0. The Balaban J connectivity index is 2.13. The standard InChI is InChI=1S/C14H24N2O4/c1-11(2)10-20-8-5-15-14(19)16-6-3-12(4-7-16)9-13(17)18/h12H,1,3-10H2,2H3,(H,15,19)(H,17,18). The number of rotatable bonds is 7. The summed E-state index contributed by atoms with van der Waals surface area (Å²) in [6, 6.07) is -0.0994. The monoisotopic (exact) mass is 284 g/mol. The van der Waals surface area contributed by atoms with Gasteiger partial charge in [0.1, 0.15) is 0 Å². The number of ether oxygens (including phenoxy) is 1. The van der Waals surface area contributed by atoms with Crippen molar-refractivity contribution in [2.75, 3.05) is 32.8 Å². The van der Waals surface area contributed by atoms with Gasteiger partial charge >= 0.3 is 12.0 Å². The van der Waals surface area contributed by atoms with Crippen LogP contribution in [0.2, 0.25) is 0 Å². The fourth-order valence-electron chi connectivity index (χ4n) is 2.18. The molecule has 0 unspecified atom stereocenters. The lowest BCUT2D eigenvalue weighted by Crippen LogP contribution is -2.45. The Kier molecular flexibility index (Phi) is 7.08. The summed E-state index contributed by atoms with van der Waals surface area (Å²) in [5.41, 5.74) is 0.955. The summed E-state index contributed by atoms with van der Waals surface area (Å²) in [5, 5.41) is 11.5. The first kappa shape index (κ1) is 16.5. The minimum atomic E-state index is -0.762. The van der Waals surface area contributed by atoms with Crippen molar-refractivity contribution in [3.8, 4) is 0 Å². The molecule has 20 heavy (non-hydrogen) atoms. The summed E-state index contributed by atoms with van der Waals surface area (Å²) in [6.45, 7) is 8.31. The SMILES string of the molecule is C=C(C)COCCNC(=O)N1CCC(CC(=O)O)CC1. The molecule has 1 aliphatic rings. The van der Waals surface area contributed by atoms with Crippen molar-refractivity contribution >= 4 is 12.0 Å². The van der Waals surface area contributed by atoms with E-state index in [1.807, 2.05) is 6.92 Å². The van der Waals surface area contributed by atoms with Crippen LogP contribution in [0.4, 0.5) is 4.79 Å². The minimum absolute atomic E-state index is 0.0994. The molecule has 0 bridgehead atoms. The Morgan fingerprint density at radius 2 is 2.05 bits per heavy atom. The van der Waals surface area contributed by atoms with Gasteiger partial charge in [-0.15, -0.1) is 0 Å². The molecular weight excluding hydrogens is 260 g/mol. The third-order valence-electron chi connectivity index (χ3n) is 3.24. The maximum Gasteiger partial charge on any atom is 0.317 e. The zero-order valence-electron chi connectivity index (χ0n) is 12.1. The van der Waals surface area contributed by atoms with Crippen LogP contribution < -0.4 is 5.32 Å².